The Morgan fingerprint density at radius 2 is 2.25 bits per heavy atom. The Balaban J connectivity index is 2.91. The van der Waals surface area contributed by atoms with E-state index in [1.54, 1.807) is 6.92 Å². The molecule has 0 N–H and O–H groups in total. The fraction of sp³-hybridized carbons (Fsp3) is 0.182. The van der Waals surface area contributed by atoms with Gasteiger partial charge < -0.3 is 8.98 Å². The van der Waals surface area contributed by atoms with Crippen LogP contribution in [-0.4, -0.2) is 4.57 Å². The van der Waals surface area contributed by atoms with Crippen LogP contribution in [0.4, 0.5) is 0 Å². The van der Waals surface area contributed by atoms with Crippen LogP contribution in [0.5, 0.6) is 0 Å². The Morgan fingerprint density at radius 1 is 1.50 bits per heavy atom. The Hall–Kier alpha value is -2.35. The predicted octanol–water partition coefficient (Wildman–Crippen LogP) is 0.787. The van der Waals surface area contributed by atoms with Crippen LogP contribution in [0.25, 0.3) is 11.0 Å². The summed E-state index contributed by atoms with van der Waals surface area (Å²) in [5.74, 6) is 0. The zero-order valence-electron chi connectivity index (χ0n) is 8.56. The van der Waals surface area contributed by atoms with Gasteiger partial charge in [-0.1, -0.05) is 0 Å². The number of hydrogen-bond acceptors (Lipinski definition) is 4. The smallest absolute Gasteiger partial charge is 0.336 e. The summed E-state index contributed by atoms with van der Waals surface area (Å²) in [5.41, 5.74) is 0.00969. The zero-order valence-corrected chi connectivity index (χ0v) is 8.56. The van der Waals surface area contributed by atoms with E-state index >= 15 is 0 Å². The maximum absolute atomic E-state index is 11.9. The molecule has 2 rings (SSSR count). The van der Waals surface area contributed by atoms with Crippen molar-refractivity contribution in [1.82, 2.24) is 4.57 Å². The molecule has 16 heavy (non-hydrogen) atoms. The fourth-order valence-electron chi connectivity index (χ4n) is 1.59. The van der Waals surface area contributed by atoms with Crippen molar-refractivity contribution in [2.24, 2.45) is 0 Å². The lowest BCUT2D eigenvalue weighted by atomic mass is 10.2. The molecule has 2 heterocycles. The van der Waals surface area contributed by atoms with Crippen LogP contribution in [0, 0.1) is 18.3 Å². The van der Waals surface area contributed by atoms with Gasteiger partial charge in [0.15, 0.2) is 0 Å². The number of aromatic nitrogens is 1. The molecule has 0 amide bonds. The van der Waals surface area contributed by atoms with E-state index in [1.165, 1.54) is 22.9 Å². The molecule has 0 saturated heterocycles. The largest absolute Gasteiger partial charge is 0.422 e. The highest BCUT2D eigenvalue weighted by Gasteiger charge is 2.08. The molecule has 0 atom stereocenters. The summed E-state index contributed by atoms with van der Waals surface area (Å²) in [6.45, 7) is 1.64. The van der Waals surface area contributed by atoms with Crippen molar-refractivity contribution >= 4 is 11.0 Å². The van der Waals surface area contributed by atoms with Crippen LogP contribution < -0.4 is 11.2 Å². The van der Waals surface area contributed by atoms with E-state index in [2.05, 4.69) is 0 Å². The van der Waals surface area contributed by atoms with Crippen molar-refractivity contribution in [3.8, 4) is 6.07 Å². The lowest BCUT2D eigenvalue weighted by molar-refractivity contribution is 0.557. The van der Waals surface area contributed by atoms with Gasteiger partial charge in [0.1, 0.15) is 12.1 Å². The first-order valence-electron chi connectivity index (χ1n) is 4.64. The highest BCUT2D eigenvalue weighted by atomic mass is 16.4. The number of fused-ring (bicyclic) bond motifs is 1. The van der Waals surface area contributed by atoms with Crippen LogP contribution in [-0.2, 0) is 6.54 Å². The van der Waals surface area contributed by atoms with E-state index in [9.17, 15) is 9.59 Å². The number of hydrogen-bond donors (Lipinski definition) is 0. The number of rotatable bonds is 1. The van der Waals surface area contributed by atoms with E-state index in [0.717, 1.165) is 0 Å². The normalized spacial score (nSPS) is 10.2. The van der Waals surface area contributed by atoms with Gasteiger partial charge in [-0.2, -0.15) is 5.26 Å². The molecule has 0 radical (unpaired) electrons. The Morgan fingerprint density at radius 3 is 2.94 bits per heavy atom. The molecule has 0 unspecified atom stereocenters. The van der Waals surface area contributed by atoms with Crippen LogP contribution in [0.2, 0.25) is 0 Å². The minimum Gasteiger partial charge on any atom is -0.422 e. The molecule has 0 spiro atoms. The number of nitriles is 1. The minimum atomic E-state index is -0.484. The standard InChI is InChI=1S/C11H8N2O3/c1-7-6-9(14)16-8-2-4-13(5-3-12)11(15)10(7)8/h2,4,6H,5H2,1H3. The Kier molecular flexibility index (Phi) is 2.33. The third-order valence-corrected chi connectivity index (χ3v) is 2.31. The molecular formula is C11H8N2O3. The van der Waals surface area contributed by atoms with Crippen molar-refractivity contribution in [2.45, 2.75) is 13.5 Å². The van der Waals surface area contributed by atoms with Gasteiger partial charge in [-0.3, -0.25) is 4.79 Å². The van der Waals surface area contributed by atoms with Crippen LogP contribution in [0.15, 0.2) is 32.3 Å². The molecule has 0 aliphatic rings. The maximum atomic E-state index is 11.9. The molecule has 5 heteroatoms. The molecule has 5 nitrogen and oxygen atoms in total. The minimum absolute atomic E-state index is 0.0205. The monoisotopic (exact) mass is 216 g/mol. The number of aryl methyl sites for hydroxylation is 1. The lowest BCUT2D eigenvalue weighted by Gasteiger charge is -2.03. The summed E-state index contributed by atoms with van der Waals surface area (Å²) in [6, 6.07) is 4.67. The maximum Gasteiger partial charge on any atom is 0.336 e. The second kappa shape index (κ2) is 3.66. The number of pyridine rings is 1. The lowest BCUT2D eigenvalue weighted by Crippen LogP contribution is -2.20. The van der Waals surface area contributed by atoms with Gasteiger partial charge in [0.2, 0.25) is 0 Å². The third kappa shape index (κ3) is 1.50. The zero-order chi connectivity index (χ0) is 11.7. The van der Waals surface area contributed by atoms with Gasteiger partial charge in [-0.05, 0) is 18.6 Å². The SMILES string of the molecule is Cc1cc(=O)oc2ccn(CC#N)c(=O)c12. The van der Waals surface area contributed by atoms with Crippen LogP contribution >= 0.6 is 0 Å². The van der Waals surface area contributed by atoms with Crippen molar-refractivity contribution < 1.29 is 4.42 Å². The van der Waals surface area contributed by atoms with Gasteiger partial charge in [0, 0.05) is 12.3 Å². The molecule has 0 saturated carbocycles. The van der Waals surface area contributed by atoms with Crippen molar-refractivity contribution in [2.75, 3.05) is 0 Å². The summed E-state index contributed by atoms with van der Waals surface area (Å²) in [4.78, 5) is 23.0. The molecule has 2 aromatic rings. The average Bonchev–Trinajstić information content (AvgIpc) is 2.21. The molecule has 0 aliphatic heterocycles. The van der Waals surface area contributed by atoms with Gasteiger partial charge >= 0.3 is 5.63 Å². The van der Waals surface area contributed by atoms with Gasteiger partial charge in [-0.15, -0.1) is 0 Å². The van der Waals surface area contributed by atoms with Gasteiger partial charge in [-0.25, -0.2) is 4.79 Å². The van der Waals surface area contributed by atoms with E-state index in [-0.39, 0.29) is 17.7 Å². The Bertz CT molecular complexity index is 704. The second-order valence-electron chi connectivity index (χ2n) is 3.39. The average molecular weight is 216 g/mol. The van der Waals surface area contributed by atoms with E-state index in [0.29, 0.717) is 10.9 Å². The topological polar surface area (TPSA) is 76.0 Å². The van der Waals surface area contributed by atoms with Crippen molar-refractivity contribution in [1.29, 1.82) is 5.26 Å². The summed E-state index contributed by atoms with van der Waals surface area (Å²) in [5, 5.41) is 8.89. The van der Waals surface area contributed by atoms with Crippen LogP contribution in [0.1, 0.15) is 5.56 Å². The second-order valence-corrected chi connectivity index (χ2v) is 3.39. The van der Waals surface area contributed by atoms with E-state index < -0.39 is 5.63 Å². The predicted molar refractivity (Wildman–Crippen MR) is 57.1 cm³/mol. The summed E-state index contributed by atoms with van der Waals surface area (Å²) in [7, 11) is 0. The van der Waals surface area contributed by atoms with Crippen LogP contribution in [0.3, 0.4) is 0 Å². The Labute approximate surface area is 90.2 Å². The molecule has 0 fully saturated rings. The first kappa shape index (κ1) is 10.2. The van der Waals surface area contributed by atoms with Crippen molar-refractivity contribution in [3.05, 3.63) is 44.7 Å². The van der Waals surface area contributed by atoms with Crippen molar-refractivity contribution in [3.63, 3.8) is 0 Å². The molecule has 2 aromatic heterocycles. The molecule has 0 bridgehead atoms. The van der Waals surface area contributed by atoms with E-state index in [1.807, 2.05) is 6.07 Å². The third-order valence-electron chi connectivity index (χ3n) is 2.31. The molecular weight excluding hydrogens is 208 g/mol. The van der Waals surface area contributed by atoms with Gasteiger partial charge in [0.05, 0.1) is 11.5 Å². The summed E-state index contributed by atoms with van der Waals surface area (Å²) in [6.07, 6.45) is 1.44. The molecule has 0 aromatic carbocycles. The summed E-state index contributed by atoms with van der Waals surface area (Å²) >= 11 is 0. The van der Waals surface area contributed by atoms with E-state index in [4.69, 9.17) is 9.68 Å². The summed E-state index contributed by atoms with van der Waals surface area (Å²) < 4.78 is 6.18. The highest BCUT2D eigenvalue weighted by Crippen LogP contribution is 2.10. The quantitative estimate of drug-likeness (QED) is 0.706. The first-order valence-corrected chi connectivity index (χ1v) is 4.64. The molecule has 0 aliphatic carbocycles. The first-order chi connectivity index (χ1) is 7.63. The fourth-order valence-corrected chi connectivity index (χ4v) is 1.59. The highest BCUT2D eigenvalue weighted by molar-refractivity contribution is 5.78. The number of nitrogens with zero attached hydrogens (tertiary/aromatic N) is 2. The van der Waals surface area contributed by atoms with Gasteiger partial charge in [0.25, 0.3) is 5.56 Å². The molecule has 80 valence electrons.